The highest BCUT2D eigenvalue weighted by Crippen LogP contribution is 2.22. The van der Waals surface area contributed by atoms with Crippen LogP contribution in [-0.4, -0.2) is 20.3 Å². The Labute approximate surface area is 180 Å². The molecule has 31 heavy (non-hydrogen) atoms. The van der Waals surface area contributed by atoms with Gasteiger partial charge >= 0.3 is 5.97 Å². The first-order valence-electron chi connectivity index (χ1n) is 9.40. The van der Waals surface area contributed by atoms with E-state index in [9.17, 15) is 14.0 Å². The van der Waals surface area contributed by atoms with Gasteiger partial charge in [-0.1, -0.05) is 6.07 Å². The fourth-order valence-electron chi connectivity index (χ4n) is 2.97. The number of carbonyl (C=O) groups is 1. The van der Waals surface area contributed by atoms with Crippen LogP contribution in [0.4, 0.5) is 4.39 Å². The van der Waals surface area contributed by atoms with Crippen molar-refractivity contribution in [2.24, 2.45) is 0 Å². The number of halogens is 1. The monoisotopic (exact) mass is 439 g/mol. The van der Waals surface area contributed by atoms with E-state index >= 15 is 0 Å². The molecule has 0 aliphatic rings. The average molecular weight is 439 g/mol. The molecule has 1 aromatic carbocycles. The molecule has 4 aromatic rings. The van der Waals surface area contributed by atoms with Gasteiger partial charge in [-0.05, 0) is 49.7 Å². The molecule has 0 unspecified atom stereocenters. The molecule has 0 aliphatic heterocycles. The summed E-state index contributed by atoms with van der Waals surface area (Å²) >= 11 is 1.16. The quantitative estimate of drug-likeness (QED) is 0.425. The molecule has 0 spiro atoms. The van der Waals surface area contributed by atoms with E-state index in [2.05, 4.69) is 9.97 Å². The number of rotatable bonds is 6. The maximum absolute atomic E-state index is 13.0. The van der Waals surface area contributed by atoms with Crippen LogP contribution in [0, 0.1) is 19.7 Å². The van der Waals surface area contributed by atoms with Crippen molar-refractivity contribution in [3.8, 4) is 5.75 Å². The lowest BCUT2D eigenvalue weighted by Crippen LogP contribution is -2.17. The maximum atomic E-state index is 13.0. The molecule has 0 saturated carbocycles. The Morgan fingerprint density at radius 2 is 1.90 bits per heavy atom. The van der Waals surface area contributed by atoms with Crippen molar-refractivity contribution in [3.63, 3.8) is 0 Å². The third-order valence-corrected chi connectivity index (χ3v) is 5.60. The summed E-state index contributed by atoms with van der Waals surface area (Å²) in [4.78, 5) is 33.9. The van der Waals surface area contributed by atoms with Crippen LogP contribution in [0.3, 0.4) is 0 Å². The number of esters is 1. The number of ether oxygens (including phenoxy) is 2. The standard InChI is InChI=1S/C22H18FN3O4S/c1-13-4-3-9-26-19(27)10-16(25-21(13)26)11-30-22(28)20-14(2)24-18(31-20)12-29-17-7-5-15(23)6-8-17/h3-10H,11-12H2,1-2H3. The van der Waals surface area contributed by atoms with E-state index in [1.54, 1.807) is 19.2 Å². The van der Waals surface area contributed by atoms with E-state index in [0.29, 0.717) is 32.7 Å². The number of hydrogen-bond acceptors (Lipinski definition) is 7. The van der Waals surface area contributed by atoms with Crippen molar-refractivity contribution in [3.05, 3.63) is 91.7 Å². The molecule has 0 aliphatic carbocycles. The smallest absolute Gasteiger partial charge is 0.350 e. The Bertz CT molecular complexity index is 1310. The largest absolute Gasteiger partial charge is 0.486 e. The molecule has 4 rings (SSSR count). The van der Waals surface area contributed by atoms with Gasteiger partial charge in [0, 0.05) is 12.3 Å². The van der Waals surface area contributed by atoms with Crippen LogP contribution in [0.2, 0.25) is 0 Å². The molecule has 158 valence electrons. The first-order chi connectivity index (χ1) is 14.9. The fraction of sp³-hybridized carbons (Fsp3) is 0.182. The number of aromatic nitrogens is 3. The van der Waals surface area contributed by atoms with Crippen LogP contribution in [0.5, 0.6) is 5.75 Å². The molecule has 3 aromatic heterocycles. The topological polar surface area (TPSA) is 82.8 Å². The number of aryl methyl sites for hydroxylation is 2. The number of benzene rings is 1. The van der Waals surface area contributed by atoms with Crippen molar-refractivity contribution < 1.29 is 18.7 Å². The number of nitrogens with zero attached hydrogens (tertiary/aromatic N) is 3. The molecule has 3 heterocycles. The minimum Gasteiger partial charge on any atom is -0.486 e. The summed E-state index contributed by atoms with van der Waals surface area (Å²) in [6.07, 6.45) is 1.64. The van der Waals surface area contributed by atoms with Gasteiger partial charge in [0.2, 0.25) is 0 Å². The highest BCUT2D eigenvalue weighted by molar-refractivity contribution is 7.13. The molecule has 0 bridgehead atoms. The SMILES string of the molecule is Cc1nc(COc2ccc(F)cc2)sc1C(=O)OCc1cc(=O)n2cccc(C)c2n1. The van der Waals surface area contributed by atoms with Gasteiger partial charge in [-0.25, -0.2) is 19.2 Å². The van der Waals surface area contributed by atoms with Gasteiger partial charge in [0.15, 0.2) is 0 Å². The van der Waals surface area contributed by atoms with E-state index in [0.717, 1.165) is 16.9 Å². The lowest BCUT2D eigenvalue weighted by molar-refractivity contribution is 0.0472. The fourth-order valence-corrected chi connectivity index (χ4v) is 3.84. The Morgan fingerprint density at radius 3 is 2.68 bits per heavy atom. The van der Waals surface area contributed by atoms with Crippen LogP contribution in [0.1, 0.15) is 31.6 Å². The van der Waals surface area contributed by atoms with E-state index in [4.69, 9.17) is 9.47 Å². The predicted molar refractivity (Wildman–Crippen MR) is 113 cm³/mol. The van der Waals surface area contributed by atoms with Gasteiger partial charge in [0.25, 0.3) is 5.56 Å². The molecule has 7 nitrogen and oxygen atoms in total. The van der Waals surface area contributed by atoms with Gasteiger partial charge < -0.3 is 9.47 Å². The van der Waals surface area contributed by atoms with Gasteiger partial charge in [0.05, 0.1) is 11.4 Å². The van der Waals surface area contributed by atoms with Crippen LogP contribution in [0.25, 0.3) is 5.65 Å². The second-order valence-electron chi connectivity index (χ2n) is 6.81. The van der Waals surface area contributed by atoms with Crippen LogP contribution in [0.15, 0.2) is 53.5 Å². The summed E-state index contributed by atoms with van der Waals surface area (Å²) in [6, 6.07) is 10.6. The Morgan fingerprint density at radius 1 is 1.13 bits per heavy atom. The van der Waals surface area contributed by atoms with Crippen molar-refractivity contribution in [2.75, 3.05) is 0 Å². The van der Waals surface area contributed by atoms with E-state index < -0.39 is 5.97 Å². The van der Waals surface area contributed by atoms with Crippen LogP contribution < -0.4 is 10.3 Å². The zero-order chi connectivity index (χ0) is 22.0. The zero-order valence-corrected chi connectivity index (χ0v) is 17.6. The number of thiazole rings is 1. The van der Waals surface area contributed by atoms with Crippen LogP contribution >= 0.6 is 11.3 Å². The number of carbonyl (C=O) groups excluding carboxylic acids is 1. The molecular formula is C22H18FN3O4S. The Kier molecular flexibility index (Phi) is 5.77. The summed E-state index contributed by atoms with van der Waals surface area (Å²) in [5.41, 5.74) is 2.02. The van der Waals surface area contributed by atoms with Crippen molar-refractivity contribution in [1.29, 1.82) is 0 Å². The first kappa shape index (κ1) is 20.7. The molecule has 9 heteroatoms. The third-order valence-electron chi connectivity index (χ3n) is 4.49. The summed E-state index contributed by atoms with van der Waals surface area (Å²) in [7, 11) is 0. The second kappa shape index (κ2) is 8.65. The molecule has 0 fully saturated rings. The van der Waals surface area contributed by atoms with Gasteiger partial charge in [-0.15, -0.1) is 11.3 Å². The van der Waals surface area contributed by atoms with Gasteiger partial charge in [-0.3, -0.25) is 9.20 Å². The summed E-state index contributed by atoms with van der Waals surface area (Å²) in [5.74, 6) is -0.390. The molecule has 0 N–H and O–H groups in total. The highest BCUT2D eigenvalue weighted by atomic mass is 32.1. The number of fused-ring (bicyclic) bond motifs is 1. The van der Waals surface area contributed by atoms with Gasteiger partial charge in [0.1, 0.15) is 40.3 Å². The predicted octanol–water partition coefficient (Wildman–Crippen LogP) is 3.84. The van der Waals surface area contributed by atoms with Crippen molar-refractivity contribution in [2.45, 2.75) is 27.1 Å². The zero-order valence-electron chi connectivity index (χ0n) is 16.8. The van der Waals surface area contributed by atoms with E-state index in [-0.39, 0.29) is 24.6 Å². The van der Waals surface area contributed by atoms with Gasteiger partial charge in [-0.2, -0.15) is 0 Å². The van der Waals surface area contributed by atoms with Crippen molar-refractivity contribution >= 4 is 23.0 Å². The lowest BCUT2D eigenvalue weighted by atomic mass is 10.3. The maximum Gasteiger partial charge on any atom is 0.350 e. The molecular weight excluding hydrogens is 421 g/mol. The molecule has 0 atom stereocenters. The number of hydrogen-bond donors (Lipinski definition) is 0. The average Bonchev–Trinajstić information content (AvgIpc) is 3.13. The Hall–Kier alpha value is -3.59. The number of pyridine rings is 1. The first-order valence-corrected chi connectivity index (χ1v) is 10.2. The summed E-state index contributed by atoms with van der Waals surface area (Å²) in [6.45, 7) is 3.58. The summed E-state index contributed by atoms with van der Waals surface area (Å²) in [5, 5.41) is 0.589. The normalized spacial score (nSPS) is 10.9. The van der Waals surface area contributed by atoms with Crippen LogP contribution in [-0.2, 0) is 18.0 Å². The second-order valence-corrected chi connectivity index (χ2v) is 7.90. The molecule has 0 saturated heterocycles. The molecule has 0 amide bonds. The molecule has 0 radical (unpaired) electrons. The van der Waals surface area contributed by atoms with E-state index in [1.165, 1.54) is 34.7 Å². The minimum atomic E-state index is -0.546. The highest BCUT2D eigenvalue weighted by Gasteiger charge is 2.18. The summed E-state index contributed by atoms with van der Waals surface area (Å²) < 4.78 is 25.4. The Balaban J connectivity index is 1.43. The third kappa shape index (κ3) is 4.61. The minimum absolute atomic E-state index is 0.127. The van der Waals surface area contributed by atoms with Crippen molar-refractivity contribution in [1.82, 2.24) is 14.4 Å². The lowest BCUT2D eigenvalue weighted by Gasteiger charge is -2.07. The van der Waals surface area contributed by atoms with E-state index in [1.807, 2.05) is 13.0 Å².